The van der Waals surface area contributed by atoms with Crippen LogP contribution in [0.15, 0.2) is 71.6 Å². The van der Waals surface area contributed by atoms with E-state index in [0.717, 1.165) is 28.6 Å². The number of hydrogen-bond acceptors (Lipinski definition) is 4. The number of benzene rings is 3. The van der Waals surface area contributed by atoms with E-state index in [1.807, 2.05) is 0 Å². The number of hydrogen-bond donors (Lipinski definition) is 0. The fourth-order valence-electron chi connectivity index (χ4n) is 4.17. The third-order valence-corrected chi connectivity index (χ3v) is 7.95. The van der Waals surface area contributed by atoms with Gasteiger partial charge in [0.15, 0.2) is 17.4 Å². The Balaban J connectivity index is 1.40. The summed E-state index contributed by atoms with van der Waals surface area (Å²) in [6, 6.07) is 12.3. The molecule has 0 aromatic heterocycles. The number of ether oxygens (including phenoxy) is 1. The lowest BCUT2D eigenvalue weighted by Crippen LogP contribution is -2.40. The molecule has 3 aromatic carbocycles. The minimum absolute atomic E-state index is 0.0260. The molecular weight excluding hydrogens is 517 g/mol. The number of carbonyl (C=O) groups excluding carboxylic acids is 1. The Hall–Kier alpha value is -3.31. The van der Waals surface area contributed by atoms with Crippen molar-refractivity contribution in [3.05, 3.63) is 89.5 Å². The largest absolute Gasteiger partial charge is 0.457 e. The molecule has 0 unspecified atom stereocenters. The van der Waals surface area contributed by atoms with Crippen LogP contribution in [0.3, 0.4) is 0 Å². The normalized spacial score (nSPS) is 16.6. The highest BCUT2D eigenvalue weighted by Gasteiger charge is 2.39. The standard InChI is InChI=1S/C26H22F5NO4S/c27-22-12-11-21(16-23(22)28)37(34,35)32-14-2-5-24(32)25(33)13-6-17-3-1-4-20(15-17)36-19-9-7-18(8-10-19)26(29,30)31/h1,3-4,7-12,15-16,24H,2,5-6,13-14H2/t24-/m0/s1. The number of aryl methyl sites for hydroxylation is 1. The number of ketones is 1. The molecule has 1 heterocycles. The van der Waals surface area contributed by atoms with E-state index in [4.69, 9.17) is 4.74 Å². The van der Waals surface area contributed by atoms with Gasteiger partial charge in [-0.2, -0.15) is 17.5 Å². The highest BCUT2D eigenvalue weighted by Crippen LogP contribution is 2.32. The van der Waals surface area contributed by atoms with Crippen molar-refractivity contribution in [3.63, 3.8) is 0 Å². The van der Waals surface area contributed by atoms with Crippen LogP contribution in [0.25, 0.3) is 0 Å². The van der Waals surface area contributed by atoms with Crippen LogP contribution in [-0.2, 0) is 27.4 Å². The smallest absolute Gasteiger partial charge is 0.416 e. The van der Waals surface area contributed by atoms with Gasteiger partial charge in [0.1, 0.15) is 11.5 Å². The molecule has 4 rings (SSSR count). The third kappa shape index (κ3) is 6.16. The van der Waals surface area contributed by atoms with Crippen molar-refractivity contribution in [2.24, 2.45) is 0 Å². The van der Waals surface area contributed by atoms with Crippen LogP contribution in [0.1, 0.15) is 30.4 Å². The quantitative estimate of drug-likeness (QED) is 0.323. The van der Waals surface area contributed by atoms with Crippen LogP contribution in [-0.4, -0.2) is 31.1 Å². The molecule has 1 saturated heterocycles. The zero-order valence-corrected chi connectivity index (χ0v) is 20.2. The molecule has 37 heavy (non-hydrogen) atoms. The van der Waals surface area contributed by atoms with Crippen molar-refractivity contribution < 1.29 is 39.9 Å². The van der Waals surface area contributed by atoms with Gasteiger partial charge in [0.2, 0.25) is 10.0 Å². The molecule has 1 aliphatic heterocycles. The van der Waals surface area contributed by atoms with Gasteiger partial charge in [-0.3, -0.25) is 4.79 Å². The van der Waals surface area contributed by atoms with E-state index in [2.05, 4.69) is 0 Å². The Morgan fingerprint density at radius 3 is 2.35 bits per heavy atom. The maximum absolute atomic E-state index is 13.6. The van der Waals surface area contributed by atoms with Crippen LogP contribution in [0.2, 0.25) is 0 Å². The lowest BCUT2D eigenvalue weighted by molar-refractivity contribution is -0.137. The third-order valence-electron chi connectivity index (χ3n) is 6.05. The number of carbonyl (C=O) groups is 1. The van der Waals surface area contributed by atoms with Crippen molar-refractivity contribution in [1.82, 2.24) is 4.31 Å². The minimum Gasteiger partial charge on any atom is -0.457 e. The zero-order chi connectivity index (χ0) is 26.8. The number of Topliss-reactive ketones (excluding diaryl/α,β-unsaturated/α-hetero) is 1. The molecule has 0 amide bonds. The maximum atomic E-state index is 13.6. The first-order chi connectivity index (χ1) is 17.4. The van der Waals surface area contributed by atoms with E-state index < -0.39 is 44.3 Å². The summed E-state index contributed by atoms with van der Waals surface area (Å²) in [6.07, 6.45) is -3.38. The van der Waals surface area contributed by atoms with E-state index in [-0.39, 0.29) is 30.9 Å². The zero-order valence-electron chi connectivity index (χ0n) is 19.3. The van der Waals surface area contributed by atoms with Gasteiger partial charge in [0.05, 0.1) is 16.5 Å². The minimum atomic E-state index is -4.45. The summed E-state index contributed by atoms with van der Waals surface area (Å²) in [5.41, 5.74) is -0.0783. The topological polar surface area (TPSA) is 63.7 Å². The average Bonchev–Trinajstić information content (AvgIpc) is 3.35. The molecule has 3 aromatic rings. The highest BCUT2D eigenvalue weighted by atomic mass is 32.2. The first kappa shape index (κ1) is 26.7. The first-order valence-corrected chi connectivity index (χ1v) is 12.8. The molecule has 0 saturated carbocycles. The van der Waals surface area contributed by atoms with Gasteiger partial charge in [0.25, 0.3) is 0 Å². The molecule has 0 radical (unpaired) electrons. The van der Waals surface area contributed by atoms with E-state index >= 15 is 0 Å². The summed E-state index contributed by atoms with van der Waals surface area (Å²) < 4.78 is 97.7. The second-order valence-corrected chi connectivity index (χ2v) is 10.5. The number of halogens is 5. The molecule has 1 aliphatic rings. The summed E-state index contributed by atoms with van der Waals surface area (Å²) in [5, 5.41) is 0. The summed E-state index contributed by atoms with van der Waals surface area (Å²) in [7, 11) is -4.19. The molecule has 0 bridgehead atoms. The van der Waals surface area contributed by atoms with Crippen LogP contribution in [0, 0.1) is 11.6 Å². The lowest BCUT2D eigenvalue weighted by atomic mass is 10.0. The fourth-order valence-corrected chi connectivity index (χ4v) is 5.86. The number of rotatable bonds is 8. The van der Waals surface area contributed by atoms with Crippen molar-refractivity contribution in [3.8, 4) is 11.5 Å². The SMILES string of the molecule is O=C(CCc1cccc(Oc2ccc(C(F)(F)F)cc2)c1)[C@@H]1CCCN1S(=O)(=O)c1ccc(F)c(F)c1. The Labute approximate surface area is 210 Å². The van der Waals surface area contributed by atoms with E-state index in [9.17, 15) is 35.2 Å². The van der Waals surface area contributed by atoms with Crippen molar-refractivity contribution >= 4 is 15.8 Å². The molecule has 1 fully saturated rings. The summed E-state index contributed by atoms with van der Waals surface area (Å²) in [5.74, 6) is -2.19. The second kappa shape index (κ2) is 10.6. The number of alkyl halides is 3. The van der Waals surface area contributed by atoms with Crippen LogP contribution < -0.4 is 4.74 Å². The molecule has 5 nitrogen and oxygen atoms in total. The molecular formula is C26H22F5NO4S. The molecule has 0 aliphatic carbocycles. The Kier molecular flexibility index (Phi) is 7.65. The Morgan fingerprint density at radius 1 is 0.946 bits per heavy atom. The van der Waals surface area contributed by atoms with Crippen molar-refractivity contribution in [1.29, 1.82) is 0 Å². The number of nitrogens with zero attached hydrogens (tertiary/aromatic N) is 1. The molecule has 0 N–H and O–H groups in total. The summed E-state index contributed by atoms with van der Waals surface area (Å²) >= 11 is 0. The van der Waals surface area contributed by atoms with Crippen LogP contribution in [0.5, 0.6) is 11.5 Å². The van der Waals surface area contributed by atoms with Gasteiger partial charge in [0, 0.05) is 13.0 Å². The summed E-state index contributed by atoms with van der Waals surface area (Å²) in [6.45, 7) is 0.0915. The molecule has 1 atom stereocenters. The molecule has 11 heteroatoms. The Morgan fingerprint density at radius 2 is 1.68 bits per heavy atom. The molecule has 196 valence electrons. The monoisotopic (exact) mass is 539 g/mol. The van der Waals surface area contributed by atoms with E-state index in [1.165, 1.54) is 12.1 Å². The predicted molar refractivity (Wildman–Crippen MR) is 125 cm³/mol. The fraction of sp³-hybridized carbons (Fsp3) is 0.269. The average molecular weight is 540 g/mol. The maximum Gasteiger partial charge on any atom is 0.416 e. The van der Waals surface area contributed by atoms with Gasteiger partial charge in [-0.25, -0.2) is 17.2 Å². The first-order valence-electron chi connectivity index (χ1n) is 11.4. The van der Waals surface area contributed by atoms with Gasteiger partial charge < -0.3 is 4.74 Å². The predicted octanol–water partition coefficient (Wildman–Crippen LogP) is 6.13. The number of sulfonamides is 1. The van der Waals surface area contributed by atoms with Crippen LogP contribution in [0.4, 0.5) is 22.0 Å². The highest BCUT2D eigenvalue weighted by molar-refractivity contribution is 7.89. The van der Waals surface area contributed by atoms with Crippen LogP contribution >= 0.6 is 0 Å². The van der Waals surface area contributed by atoms with Gasteiger partial charge in [-0.05, 0) is 79.4 Å². The van der Waals surface area contributed by atoms with Gasteiger partial charge in [-0.1, -0.05) is 12.1 Å². The van der Waals surface area contributed by atoms with E-state index in [1.54, 1.807) is 24.3 Å². The second-order valence-electron chi connectivity index (χ2n) is 8.59. The lowest BCUT2D eigenvalue weighted by Gasteiger charge is -2.23. The Bertz CT molecular complexity index is 1390. The van der Waals surface area contributed by atoms with Crippen molar-refractivity contribution in [2.45, 2.75) is 42.8 Å². The summed E-state index contributed by atoms with van der Waals surface area (Å²) in [4.78, 5) is 12.5. The van der Waals surface area contributed by atoms with Crippen molar-refractivity contribution in [2.75, 3.05) is 6.54 Å². The van der Waals surface area contributed by atoms with Gasteiger partial charge in [-0.15, -0.1) is 0 Å². The van der Waals surface area contributed by atoms with Gasteiger partial charge >= 0.3 is 6.18 Å². The molecule has 0 spiro atoms. The van der Waals surface area contributed by atoms with E-state index in [0.29, 0.717) is 30.2 Å².